The van der Waals surface area contributed by atoms with Gasteiger partial charge in [0.15, 0.2) is 5.13 Å². The summed E-state index contributed by atoms with van der Waals surface area (Å²) in [5, 5.41) is 13.6. The van der Waals surface area contributed by atoms with Gasteiger partial charge in [0, 0.05) is 43.1 Å². The first kappa shape index (κ1) is 27.9. The maximum Gasteiger partial charge on any atom is 1.00 e. The molecule has 0 radical (unpaired) electrons. The minimum atomic E-state index is -4.49. The molecule has 5 rings (SSSR count). The molecule has 1 unspecified atom stereocenters. The van der Waals surface area contributed by atoms with Crippen LogP contribution in [-0.4, -0.2) is 46.1 Å². The van der Waals surface area contributed by atoms with Gasteiger partial charge in [-0.25, -0.2) is 9.78 Å². The van der Waals surface area contributed by atoms with Crippen LogP contribution >= 0.6 is 34.5 Å². The van der Waals surface area contributed by atoms with Crippen LogP contribution in [-0.2, 0) is 12.6 Å². The fraction of sp³-hybridized carbons (Fsp3) is 0.348. The van der Waals surface area contributed by atoms with Gasteiger partial charge in [-0.2, -0.15) is 13.2 Å². The van der Waals surface area contributed by atoms with Crippen LogP contribution in [0.1, 0.15) is 44.1 Å². The zero-order chi connectivity index (χ0) is 25.9. The largest absolute Gasteiger partial charge is 1.00 e. The van der Waals surface area contributed by atoms with E-state index in [9.17, 15) is 27.9 Å². The number of hydrogen-bond acceptors (Lipinski definition) is 5. The molecule has 1 amide bonds. The van der Waals surface area contributed by atoms with Gasteiger partial charge in [0.2, 0.25) is 0 Å². The van der Waals surface area contributed by atoms with E-state index < -0.39 is 17.7 Å². The number of anilines is 1. The van der Waals surface area contributed by atoms with Gasteiger partial charge in [-0.15, -0.1) is 0 Å². The van der Waals surface area contributed by atoms with Gasteiger partial charge >= 0.3 is 31.0 Å². The summed E-state index contributed by atoms with van der Waals surface area (Å²) in [6.07, 6.45) is -4.51. The first-order valence-electron chi connectivity index (χ1n) is 10.9. The zero-order valence-corrected chi connectivity index (χ0v) is 21.9. The Morgan fingerprint density at radius 1 is 1.27 bits per heavy atom. The average molecular weight is 567 g/mol. The van der Waals surface area contributed by atoms with E-state index in [1.54, 1.807) is 6.92 Å². The maximum absolute atomic E-state index is 13.1. The standard InChI is InChI=1S/C23H19Cl2F3N4O3S.Li.H/c1-9-15(24)16(25)18(29-9)20(33)31-17-12-7-32(8-13(12)17)22-30-14(19(36-22)21(34)35)6-10-3-2-4-11(5-10)23(26,27)28;;/h2-5,12-13,17,29H,6-8H2,1H3,(H,31,33)(H,34,35);;/q;+1;-1/t12-,13+,17?;;. The minimum Gasteiger partial charge on any atom is -1.00 e. The van der Waals surface area contributed by atoms with E-state index in [-0.39, 0.29) is 71.8 Å². The molecule has 37 heavy (non-hydrogen) atoms. The van der Waals surface area contributed by atoms with Crippen molar-refractivity contribution < 1.29 is 48.2 Å². The fourth-order valence-electron chi connectivity index (χ4n) is 4.66. The second-order valence-corrected chi connectivity index (χ2v) is 10.7. The number of carboxylic acid groups (broad SMARTS) is 1. The van der Waals surface area contributed by atoms with E-state index in [4.69, 9.17) is 23.2 Å². The number of aromatic nitrogens is 2. The number of rotatable bonds is 6. The number of hydrogen-bond donors (Lipinski definition) is 3. The molecule has 1 aliphatic carbocycles. The molecule has 3 aromatic rings. The van der Waals surface area contributed by atoms with Gasteiger partial charge in [0.25, 0.3) is 5.91 Å². The second-order valence-electron chi connectivity index (χ2n) is 8.94. The van der Waals surface area contributed by atoms with E-state index in [0.717, 1.165) is 23.5 Å². The molecule has 2 aliphatic rings. The smallest absolute Gasteiger partial charge is 1.00 e. The number of aromatic amines is 1. The molecule has 3 heterocycles. The number of alkyl halides is 3. The minimum absolute atomic E-state index is 0. The second kappa shape index (κ2) is 10.2. The van der Waals surface area contributed by atoms with Crippen LogP contribution < -0.4 is 29.1 Å². The fourth-order valence-corrected chi connectivity index (χ4v) is 6.02. The number of H-pyrrole nitrogens is 1. The summed E-state index contributed by atoms with van der Waals surface area (Å²) in [6.45, 7) is 2.86. The Hall–Kier alpha value is -2.16. The molecule has 1 saturated heterocycles. The first-order chi connectivity index (χ1) is 16.9. The van der Waals surface area contributed by atoms with Crippen LogP contribution in [0.3, 0.4) is 0 Å². The van der Waals surface area contributed by atoms with Gasteiger partial charge in [0.1, 0.15) is 10.6 Å². The number of nitrogens with zero attached hydrogens (tertiary/aromatic N) is 2. The van der Waals surface area contributed by atoms with Crippen molar-refractivity contribution in [3.63, 3.8) is 0 Å². The van der Waals surface area contributed by atoms with Crippen LogP contribution in [0.15, 0.2) is 24.3 Å². The molecule has 1 aromatic carbocycles. The van der Waals surface area contributed by atoms with Crippen LogP contribution in [0.25, 0.3) is 0 Å². The molecule has 1 aliphatic heterocycles. The number of carboxylic acids is 1. The van der Waals surface area contributed by atoms with E-state index in [0.29, 0.717) is 34.5 Å². The van der Waals surface area contributed by atoms with Gasteiger partial charge < -0.3 is 21.7 Å². The van der Waals surface area contributed by atoms with Crippen molar-refractivity contribution in [2.45, 2.75) is 25.6 Å². The summed E-state index contributed by atoms with van der Waals surface area (Å²) in [6, 6.07) is 4.75. The maximum atomic E-state index is 13.1. The van der Waals surface area contributed by atoms with E-state index in [1.165, 1.54) is 12.1 Å². The van der Waals surface area contributed by atoms with Crippen molar-refractivity contribution in [1.82, 2.24) is 15.3 Å². The quantitative estimate of drug-likeness (QED) is 0.398. The first-order valence-corrected chi connectivity index (χ1v) is 12.5. The Bertz CT molecular complexity index is 1370. The van der Waals surface area contributed by atoms with Crippen molar-refractivity contribution in [2.75, 3.05) is 18.0 Å². The van der Waals surface area contributed by atoms with Crippen LogP contribution in [0, 0.1) is 18.8 Å². The number of nitrogens with one attached hydrogen (secondary N) is 2. The van der Waals surface area contributed by atoms with Gasteiger partial charge in [-0.1, -0.05) is 52.7 Å². The van der Waals surface area contributed by atoms with Crippen LogP contribution in [0.2, 0.25) is 10.0 Å². The zero-order valence-electron chi connectivity index (χ0n) is 20.6. The van der Waals surface area contributed by atoms with Crippen molar-refractivity contribution in [1.29, 1.82) is 0 Å². The Morgan fingerprint density at radius 3 is 2.51 bits per heavy atom. The molecule has 2 aromatic heterocycles. The molecular formula is C23H20Cl2F3LiN4O3S. The Balaban J connectivity index is 0.00000200. The number of carbonyl (C=O) groups excluding carboxylic acids is 1. The Labute approximate surface area is 237 Å². The molecule has 0 spiro atoms. The van der Waals surface area contributed by atoms with Crippen LogP contribution in [0.4, 0.5) is 18.3 Å². The number of aromatic carboxylic acids is 1. The van der Waals surface area contributed by atoms with Gasteiger partial charge in [-0.3, -0.25) is 4.79 Å². The van der Waals surface area contributed by atoms with E-state index >= 15 is 0 Å². The molecule has 2 fully saturated rings. The number of thiazole rings is 1. The topological polar surface area (TPSA) is 98.3 Å². The Morgan fingerprint density at radius 2 is 1.95 bits per heavy atom. The van der Waals surface area contributed by atoms with Crippen molar-refractivity contribution in [2.24, 2.45) is 11.8 Å². The number of carbonyl (C=O) groups is 2. The van der Waals surface area contributed by atoms with Crippen LogP contribution in [0.5, 0.6) is 0 Å². The molecule has 3 atom stereocenters. The molecule has 3 N–H and O–H groups in total. The van der Waals surface area contributed by atoms with E-state index in [2.05, 4.69) is 15.3 Å². The van der Waals surface area contributed by atoms with Crippen molar-refractivity contribution in [3.8, 4) is 0 Å². The van der Waals surface area contributed by atoms with Crippen molar-refractivity contribution in [3.05, 3.63) is 67.4 Å². The van der Waals surface area contributed by atoms with Crippen molar-refractivity contribution >= 4 is 51.5 Å². The monoisotopic (exact) mass is 566 g/mol. The average Bonchev–Trinajstić information content (AvgIpc) is 3.18. The number of fused-ring (bicyclic) bond motifs is 1. The third-order valence-electron chi connectivity index (χ3n) is 6.55. The molecule has 0 bridgehead atoms. The Kier molecular flexibility index (Phi) is 7.67. The SMILES string of the molecule is Cc1[nH]c(C(=O)NC2[C@H]3CN(c4nc(Cc5cccc(C(F)(F)F)c5)c(C(=O)O)s4)C[C@@H]23)c(Cl)c1Cl.[H-].[Li+]. The number of amides is 1. The van der Waals surface area contributed by atoms with E-state index in [1.807, 2.05) is 4.90 Å². The molecular weight excluding hydrogens is 547 g/mol. The molecule has 14 heteroatoms. The summed E-state index contributed by atoms with van der Waals surface area (Å²) >= 11 is 13.2. The molecule has 192 valence electrons. The number of halogens is 5. The number of benzene rings is 1. The van der Waals surface area contributed by atoms with Gasteiger partial charge in [0.05, 0.1) is 21.3 Å². The third kappa shape index (κ3) is 5.38. The summed E-state index contributed by atoms with van der Waals surface area (Å²) < 4.78 is 39.2. The summed E-state index contributed by atoms with van der Waals surface area (Å²) in [5.74, 6) is -1.18. The predicted molar refractivity (Wildman–Crippen MR) is 130 cm³/mol. The molecule has 1 saturated carbocycles. The normalized spacial score (nSPS) is 20.4. The van der Waals surface area contributed by atoms with Gasteiger partial charge in [-0.05, 0) is 18.6 Å². The number of piperidine rings is 1. The summed E-state index contributed by atoms with van der Waals surface area (Å²) in [7, 11) is 0. The third-order valence-corrected chi connectivity index (χ3v) is 8.64. The molecule has 7 nitrogen and oxygen atoms in total. The predicted octanol–water partition coefficient (Wildman–Crippen LogP) is 2.38. The number of aryl methyl sites for hydroxylation is 1. The summed E-state index contributed by atoms with van der Waals surface area (Å²) in [4.78, 5) is 33.7. The summed E-state index contributed by atoms with van der Waals surface area (Å²) in [5.41, 5.74) is 0.577.